The number of sulfone groups is 1. The number of hydrogen-bond acceptors (Lipinski definition) is 5. The van der Waals surface area contributed by atoms with Crippen LogP contribution in [0.4, 0.5) is 0 Å². The van der Waals surface area contributed by atoms with E-state index in [0.717, 1.165) is 4.31 Å². The third kappa shape index (κ3) is 3.57. The highest BCUT2D eigenvalue weighted by atomic mass is 32.2. The Kier molecular flexibility index (Phi) is 4.65. The summed E-state index contributed by atoms with van der Waals surface area (Å²) < 4.78 is 49.2. The van der Waals surface area contributed by atoms with Crippen molar-refractivity contribution >= 4 is 25.8 Å². The van der Waals surface area contributed by atoms with E-state index in [9.17, 15) is 26.7 Å². The van der Waals surface area contributed by atoms with Crippen LogP contribution in [0.25, 0.3) is 0 Å². The molecular weight excluding hydrogens is 318 g/mol. The molecule has 2 aliphatic heterocycles. The van der Waals surface area contributed by atoms with Crippen molar-refractivity contribution < 1.29 is 26.7 Å². The maximum absolute atomic E-state index is 12.6. The van der Waals surface area contributed by atoms with Gasteiger partial charge in [-0.15, -0.1) is 0 Å². The number of rotatable bonds is 3. The van der Waals surface area contributed by atoms with Crippen LogP contribution in [0.1, 0.15) is 32.6 Å². The van der Waals surface area contributed by atoms with Crippen LogP contribution in [0.15, 0.2) is 0 Å². The molecule has 2 unspecified atom stereocenters. The number of aliphatic carboxylic acids is 1. The summed E-state index contributed by atoms with van der Waals surface area (Å²) in [7, 11) is -6.91. The summed E-state index contributed by atoms with van der Waals surface area (Å²) >= 11 is 0. The minimum atomic E-state index is -3.76. The highest BCUT2D eigenvalue weighted by Crippen LogP contribution is 2.30. The summed E-state index contributed by atoms with van der Waals surface area (Å²) in [6.45, 7) is 2.11. The molecule has 2 rings (SSSR count). The van der Waals surface area contributed by atoms with Gasteiger partial charge in [-0.1, -0.05) is 6.92 Å². The Morgan fingerprint density at radius 2 is 1.76 bits per heavy atom. The Balaban J connectivity index is 2.20. The molecule has 1 N–H and O–H groups in total. The van der Waals surface area contributed by atoms with Gasteiger partial charge in [0.2, 0.25) is 10.0 Å². The molecule has 0 aromatic carbocycles. The fraction of sp³-hybridized carbons (Fsp3) is 0.917. The lowest BCUT2D eigenvalue weighted by molar-refractivity contribution is -0.143. The second kappa shape index (κ2) is 5.85. The summed E-state index contributed by atoms with van der Waals surface area (Å²) in [5, 5.41) is 8.49. The maximum atomic E-state index is 12.6. The average Bonchev–Trinajstić information content (AvgIpc) is 2.37. The lowest BCUT2D eigenvalue weighted by Crippen LogP contribution is -2.53. The molecule has 2 heterocycles. The van der Waals surface area contributed by atoms with Crippen molar-refractivity contribution in [1.82, 2.24) is 4.31 Å². The molecule has 21 heavy (non-hydrogen) atoms. The van der Waals surface area contributed by atoms with Crippen LogP contribution < -0.4 is 0 Å². The van der Waals surface area contributed by atoms with Crippen LogP contribution in [0.3, 0.4) is 0 Å². The molecule has 2 saturated heterocycles. The topological polar surface area (TPSA) is 109 Å². The summed E-state index contributed by atoms with van der Waals surface area (Å²) in [4.78, 5) is 11.3. The van der Waals surface area contributed by atoms with E-state index >= 15 is 0 Å². The van der Waals surface area contributed by atoms with Crippen molar-refractivity contribution in [3.63, 3.8) is 0 Å². The third-order valence-electron chi connectivity index (χ3n) is 4.35. The molecule has 0 amide bonds. The molecule has 0 aromatic rings. The molecule has 9 heteroatoms. The highest BCUT2D eigenvalue weighted by Gasteiger charge is 2.43. The molecule has 7 nitrogen and oxygen atoms in total. The summed E-state index contributed by atoms with van der Waals surface area (Å²) in [5.41, 5.74) is 0. The Labute approximate surface area is 125 Å². The molecule has 122 valence electrons. The molecule has 0 aromatic heterocycles. The number of carbonyl (C=O) groups is 1. The Bertz CT molecular complexity index is 598. The van der Waals surface area contributed by atoms with E-state index in [-0.39, 0.29) is 36.8 Å². The van der Waals surface area contributed by atoms with Crippen LogP contribution in [-0.4, -0.2) is 61.6 Å². The molecule has 0 aliphatic carbocycles. The van der Waals surface area contributed by atoms with Crippen LogP contribution >= 0.6 is 0 Å². The minimum Gasteiger partial charge on any atom is -0.480 e. The SMILES string of the molecule is CC1CCN(S(=O)(=O)C2CCS(=O)(=O)CC2)C(C(=O)O)C1. The van der Waals surface area contributed by atoms with Crippen molar-refractivity contribution in [1.29, 1.82) is 0 Å². The van der Waals surface area contributed by atoms with E-state index < -0.39 is 37.1 Å². The molecule has 0 bridgehead atoms. The molecule has 2 atom stereocenters. The second-order valence-corrected chi connectivity index (χ2v) is 10.5. The largest absolute Gasteiger partial charge is 0.480 e. The summed E-state index contributed by atoms with van der Waals surface area (Å²) in [6.07, 6.45) is 1.06. The van der Waals surface area contributed by atoms with Crippen molar-refractivity contribution in [3.8, 4) is 0 Å². The van der Waals surface area contributed by atoms with Crippen LogP contribution in [0.2, 0.25) is 0 Å². The monoisotopic (exact) mass is 339 g/mol. The summed E-state index contributed by atoms with van der Waals surface area (Å²) in [6, 6.07) is -1.03. The number of sulfonamides is 1. The number of carboxylic acid groups (broad SMARTS) is 1. The fourth-order valence-electron chi connectivity index (χ4n) is 3.01. The first-order valence-corrected chi connectivity index (χ1v) is 10.4. The Morgan fingerprint density at radius 3 is 2.29 bits per heavy atom. The van der Waals surface area contributed by atoms with Gasteiger partial charge in [0.1, 0.15) is 15.9 Å². The van der Waals surface area contributed by atoms with Gasteiger partial charge in [0, 0.05) is 6.54 Å². The fourth-order valence-corrected chi connectivity index (χ4v) is 6.90. The van der Waals surface area contributed by atoms with Crippen LogP contribution in [0, 0.1) is 5.92 Å². The van der Waals surface area contributed by atoms with E-state index in [4.69, 9.17) is 0 Å². The zero-order valence-electron chi connectivity index (χ0n) is 11.9. The number of hydrogen-bond donors (Lipinski definition) is 1. The third-order valence-corrected chi connectivity index (χ3v) is 8.47. The molecule has 2 aliphatic rings. The Hall–Kier alpha value is -0.670. The second-order valence-electron chi connectivity index (χ2n) is 5.99. The van der Waals surface area contributed by atoms with Crippen LogP contribution in [0.5, 0.6) is 0 Å². The predicted molar refractivity (Wildman–Crippen MR) is 77.1 cm³/mol. The average molecular weight is 339 g/mol. The standard InChI is InChI=1S/C12H21NO6S2/c1-9-2-5-13(11(8-9)12(14)15)21(18,19)10-3-6-20(16,17)7-4-10/h9-11H,2-8H2,1H3,(H,14,15). The van der Waals surface area contributed by atoms with Crippen LogP contribution in [-0.2, 0) is 24.7 Å². The predicted octanol–water partition coefficient (Wildman–Crippen LogP) is 0.0785. The maximum Gasteiger partial charge on any atom is 0.322 e. The normalized spacial score (nSPS) is 31.9. The van der Waals surface area contributed by atoms with E-state index in [0.29, 0.717) is 12.8 Å². The lowest BCUT2D eigenvalue weighted by atomic mass is 9.94. The highest BCUT2D eigenvalue weighted by molar-refractivity contribution is 7.92. The molecular formula is C12H21NO6S2. The van der Waals surface area contributed by atoms with E-state index in [1.54, 1.807) is 0 Å². The number of piperidine rings is 1. The van der Waals surface area contributed by atoms with Crippen molar-refractivity contribution in [3.05, 3.63) is 0 Å². The first-order chi connectivity index (χ1) is 9.63. The van der Waals surface area contributed by atoms with E-state index in [2.05, 4.69) is 0 Å². The van der Waals surface area contributed by atoms with Gasteiger partial charge in [-0.05, 0) is 31.6 Å². The molecule has 0 spiro atoms. The number of carboxylic acids is 1. The van der Waals surface area contributed by atoms with Gasteiger partial charge in [-0.2, -0.15) is 4.31 Å². The Morgan fingerprint density at radius 1 is 1.19 bits per heavy atom. The summed E-state index contributed by atoms with van der Waals surface area (Å²) in [5.74, 6) is -1.24. The lowest BCUT2D eigenvalue weighted by Gasteiger charge is -2.37. The smallest absolute Gasteiger partial charge is 0.322 e. The van der Waals surface area contributed by atoms with Gasteiger partial charge < -0.3 is 5.11 Å². The quantitative estimate of drug-likeness (QED) is 0.780. The van der Waals surface area contributed by atoms with Crippen molar-refractivity contribution in [2.24, 2.45) is 5.92 Å². The van der Waals surface area contributed by atoms with E-state index in [1.165, 1.54) is 0 Å². The molecule has 0 saturated carbocycles. The zero-order chi connectivity index (χ0) is 15.8. The van der Waals surface area contributed by atoms with Gasteiger partial charge in [-0.25, -0.2) is 16.8 Å². The molecule has 2 fully saturated rings. The minimum absolute atomic E-state index is 0.0586. The first kappa shape index (κ1) is 16.7. The van der Waals surface area contributed by atoms with Gasteiger partial charge in [-0.3, -0.25) is 4.79 Å². The van der Waals surface area contributed by atoms with Gasteiger partial charge in [0.15, 0.2) is 0 Å². The van der Waals surface area contributed by atoms with Gasteiger partial charge in [0.05, 0.1) is 16.8 Å². The molecule has 0 radical (unpaired) electrons. The van der Waals surface area contributed by atoms with Gasteiger partial charge in [0.25, 0.3) is 0 Å². The van der Waals surface area contributed by atoms with Crippen molar-refractivity contribution in [2.75, 3.05) is 18.1 Å². The van der Waals surface area contributed by atoms with Crippen molar-refractivity contribution in [2.45, 2.75) is 43.9 Å². The van der Waals surface area contributed by atoms with E-state index in [1.807, 2.05) is 6.92 Å². The number of nitrogens with zero attached hydrogens (tertiary/aromatic N) is 1. The van der Waals surface area contributed by atoms with Gasteiger partial charge >= 0.3 is 5.97 Å². The zero-order valence-corrected chi connectivity index (χ0v) is 13.6. The first-order valence-electron chi connectivity index (χ1n) is 7.07.